The van der Waals surface area contributed by atoms with Crippen LogP contribution in [0, 0.1) is 0 Å². The molecule has 2 aromatic heterocycles. The fourth-order valence-electron chi connectivity index (χ4n) is 2.32. The fraction of sp³-hybridized carbons (Fsp3) is 0.357. The second-order valence-corrected chi connectivity index (χ2v) is 4.70. The van der Waals surface area contributed by atoms with E-state index in [0.29, 0.717) is 0 Å². The van der Waals surface area contributed by atoms with Gasteiger partial charge in [0.1, 0.15) is 5.82 Å². The maximum atomic E-state index is 9.18. The summed E-state index contributed by atoms with van der Waals surface area (Å²) < 4.78 is 0. The standard InChI is InChI=1S/C14H17N5O/c20-11-12-2-5-15-13(10-12)18-6-8-19(9-7-18)14-16-3-1-4-17-14/h1-5,10,20H,6-9,11H2. The van der Waals surface area contributed by atoms with E-state index in [1.165, 1.54) is 0 Å². The molecular formula is C14H17N5O. The zero-order chi connectivity index (χ0) is 13.8. The van der Waals surface area contributed by atoms with E-state index in [4.69, 9.17) is 0 Å². The second-order valence-electron chi connectivity index (χ2n) is 4.70. The molecule has 0 radical (unpaired) electrons. The third-order valence-electron chi connectivity index (χ3n) is 3.43. The maximum Gasteiger partial charge on any atom is 0.225 e. The normalized spacial score (nSPS) is 15.4. The first-order valence-electron chi connectivity index (χ1n) is 6.69. The van der Waals surface area contributed by atoms with E-state index < -0.39 is 0 Å². The van der Waals surface area contributed by atoms with E-state index in [1.807, 2.05) is 18.2 Å². The lowest BCUT2D eigenvalue weighted by atomic mass is 10.2. The minimum atomic E-state index is 0.0489. The van der Waals surface area contributed by atoms with Crippen LogP contribution in [0.3, 0.4) is 0 Å². The molecule has 0 bridgehead atoms. The summed E-state index contributed by atoms with van der Waals surface area (Å²) in [5.74, 6) is 1.70. The summed E-state index contributed by atoms with van der Waals surface area (Å²) in [4.78, 5) is 17.3. The highest BCUT2D eigenvalue weighted by molar-refractivity contribution is 5.43. The number of anilines is 2. The van der Waals surface area contributed by atoms with Crippen molar-refractivity contribution in [3.8, 4) is 0 Å². The topological polar surface area (TPSA) is 65.4 Å². The van der Waals surface area contributed by atoms with Gasteiger partial charge in [0, 0.05) is 44.8 Å². The van der Waals surface area contributed by atoms with Crippen molar-refractivity contribution in [2.75, 3.05) is 36.0 Å². The molecule has 6 nitrogen and oxygen atoms in total. The predicted molar refractivity (Wildman–Crippen MR) is 76.6 cm³/mol. The smallest absolute Gasteiger partial charge is 0.225 e. The molecule has 2 aromatic rings. The van der Waals surface area contributed by atoms with Gasteiger partial charge in [-0.2, -0.15) is 0 Å². The number of aliphatic hydroxyl groups is 1. The predicted octanol–water partition coefficient (Wildman–Crippen LogP) is 0.690. The van der Waals surface area contributed by atoms with E-state index in [0.717, 1.165) is 43.5 Å². The second kappa shape index (κ2) is 5.83. The molecule has 0 atom stereocenters. The van der Waals surface area contributed by atoms with E-state index in [-0.39, 0.29) is 6.61 Å². The highest BCUT2D eigenvalue weighted by atomic mass is 16.3. The lowest BCUT2D eigenvalue weighted by Crippen LogP contribution is -2.47. The molecule has 0 aromatic carbocycles. The molecule has 0 aliphatic carbocycles. The molecule has 20 heavy (non-hydrogen) atoms. The molecule has 6 heteroatoms. The van der Waals surface area contributed by atoms with Crippen LogP contribution < -0.4 is 9.80 Å². The van der Waals surface area contributed by atoms with Crippen molar-refractivity contribution in [3.63, 3.8) is 0 Å². The van der Waals surface area contributed by atoms with Gasteiger partial charge in [0.2, 0.25) is 5.95 Å². The monoisotopic (exact) mass is 271 g/mol. The molecule has 0 amide bonds. The zero-order valence-electron chi connectivity index (χ0n) is 11.2. The Kier molecular flexibility index (Phi) is 3.73. The van der Waals surface area contributed by atoms with E-state index in [1.54, 1.807) is 18.6 Å². The van der Waals surface area contributed by atoms with Crippen molar-refractivity contribution >= 4 is 11.8 Å². The van der Waals surface area contributed by atoms with E-state index in [2.05, 4.69) is 24.8 Å². The Labute approximate surface area is 117 Å². The van der Waals surface area contributed by atoms with Gasteiger partial charge in [-0.15, -0.1) is 0 Å². The average Bonchev–Trinajstić information content (AvgIpc) is 2.56. The average molecular weight is 271 g/mol. The van der Waals surface area contributed by atoms with Crippen LogP contribution in [0.1, 0.15) is 5.56 Å². The van der Waals surface area contributed by atoms with Crippen LogP contribution in [0.2, 0.25) is 0 Å². The highest BCUT2D eigenvalue weighted by Crippen LogP contribution is 2.17. The van der Waals surface area contributed by atoms with Crippen LogP contribution in [0.4, 0.5) is 11.8 Å². The summed E-state index contributed by atoms with van der Waals surface area (Å²) in [7, 11) is 0. The third-order valence-corrected chi connectivity index (χ3v) is 3.43. The van der Waals surface area contributed by atoms with Crippen LogP contribution in [-0.4, -0.2) is 46.2 Å². The summed E-state index contributed by atoms with van der Waals surface area (Å²) in [5, 5.41) is 9.18. The van der Waals surface area contributed by atoms with Crippen molar-refractivity contribution in [2.45, 2.75) is 6.61 Å². The molecule has 1 aliphatic heterocycles. The Morgan fingerprint density at radius 1 is 0.950 bits per heavy atom. The van der Waals surface area contributed by atoms with Gasteiger partial charge >= 0.3 is 0 Å². The molecule has 0 saturated carbocycles. The Hall–Kier alpha value is -2.21. The Morgan fingerprint density at radius 3 is 2.35 bits per heavy atom. The van der Waals surface area contributed by atoms with Crippen LogP contribution in [0.5, 0.6) is 0 Å². The van der Waals surface area contributed by atoms with Gasteiger partial charge in [-0.3, -0.25) is 0 Å². The molecule has 1 N–H and O–H groups in total. The number of aromatic nitrogens is 3. The fourth-order valence-corrected chi connectivity index (χ4v) is 2.32. The molecule has 3 rings (SSSR count). The minimum Gasteiger partial charge on any atom is -0.392 e. The zero-order valence-corrected chi connectivity index (χ0v) is 11.2. The largest absolute Gasteiger partial charge is 0.392 e. The van der Waals surface area contributed by atoms with Crippen LogP contribution in [-0.2, 0) is 6.61 Å². The van der Waals surface area contributed by atoms with Gasteiger partial charge in [0.25, 0.3) is 0 Å². The minimum absolute atomic E-state index is 0.0489. The molecular weight excluding hydrogens is 254 g/mol. The van der Waals surface area contributed by atoms with Gasteiger partial charge < -0.3 is 14.9 Å². The number of rotatable bonds is 3. The van der Waals surface area contributed by atoms with E-state index in [9.17, 15) is 5.11 Å². The number of piperazine rings is 1. The Balaban J connectivity index is 1.66. The van der Waals surface area contributed by atoms with Gasteiger partial charge in [0.05, 0.1) is 6.61 Å². The quantitative estimate of drug-likeness (QED) is 0.886. The molecule has 0 unspecified atom stereocenters. The summed E-state index contributed by atoms with van der Waals surface area (Å²) in [6.45, 7) is 3.54. The van der Waals surface area contributed by atoms with Crippen molar-refractivity contribution in [3.05, 3.63) is 42.4 Å². The molecule has 0 spiro atoms. The molecule has 1 aliphatic rings. The highest BCUT2D eigenvalue weighted by Gasteiger charge is 2.19. The lowest BCUT2D eigenvalue weighted by molar-refractivity contribution is 0.281. The number of hydrogen-bond donors (Lipinski definition) is 1. The summed E-state index contributed by atoms with van der Waals surface area (Å²) in [5.41, 5.74) is 0.892. The number of aliphatic hydroxyl groups excluding tert-OH is 1. The van der Waals surface area contributed by atoms with Crippen molar-refractivity contribution in [2.24, 2.45) is 0 Å². The van der Waals surface area contributed by atoms with E-state index >= 15 is 0 Å². The van der Waals surface area contributed by atoms with Crippen molar-refractivity contribution < 1.29 is 5.11 Å². The first-order valence-corrected chi connectivity index (χ1v) is 6.69. The lowest BCUT2D eigenvalue weighted by Gasteiger charge is -2.35. The Bertz CT molecular complexity index is 555. The molecule has 1 saturated heterocycles. The molecule has 1 fully saturated rings. The summed E-state index contributed by atoms with van der Waals surface area (Å²) >= 11 is 0. The van der Waals surface area contributed by atoms with Gasteiger partial charge in [0.15, 0.2) is 0 Å². The maximum absolute atomic E-state index is 9.18. The molecule has 3 heterocycles. The summed E-state index contributed by atoms with van der Waals surface area (Å²) in [6.07, 6.45) is 5.27. The third kappa shape index (κ3) is 2.70. The number of nitrogens with zero attached hydrogens (tertiary/aromatic N) is 5. The first-order chi connectivity index (χ1) is 9.86. The van der Waals surface area contributed by atoms with Crippen LogP contribution in [0.25, 0.3) is 0 Å². The first kappa shape index (κ1) is 12.8. The van der Waals surface area contributed by atoms with Gasteiger partial charge in [-0.1, -0.05) is 0 Å². The number of hydrogen-bond acceptors (Lipinski definition) is 6. The van der Waals surface area contributed by atoms with Crippen molar-refractivity contribution in [1.29, 1.82) is 0 Å². The van der Waals surface area contributed by atoms with Gasteiger partial charge in [-0.05, 0) is 23.8 Å². The Morgan fingerprint density at radius 2 is 1.65 bits per heavy atom. The SMILES string of the molecule is OCc1ccnc(N2CCN(c3ncccn3)CC2)c1. The molecule has 104 valence electrons. The number of pyridine rings is 1. The van der Waals surface area contributed by atoms with Crippen LogP contribution >= 0.6 is 0 Å². The van der Waals surface area contributed by atoms with Crippen LogP contribution in [0.15, 0.2) is 36.8 Å². The van der Waals surface area contributed by atoms with Gasteiger partial charge in [-0.25, -0.2) is 15.0 Å². The van der Waals surface area contributed by atoms with Crippen molar-refractivity contribution in [1.82, 2.24) is 15.0 Å². The summed E-state index contributed by atoms with van der Waals surface area (Å²) in [6, 6.07) is 5.59.